The van der Waals surface area contributed by atoms with Crippen LogP contribution in [0, 0.1) is 5.92 Å². The van der Waals surface area contributed by atoms with Gasteiger partial charge in [0.05, 0.1) is 5.60 Å². The molecular weight excluding hydrogens is 250 g/mol. The molecule has 1 aromatic rings. The second kappa shape index (κ2) is 7.21. The number of hydrogen-bond acceptors (Lipinski definition) is 3. The summed E-state index contributed by atoms with van der Waals surface area (Å²) in [6, 6.07) is 10.3. The predicted molar refractivity (Wildman–Crippen MR) is 81.5 cm³/mol. The van der Waals surface area contributed by atoms with E-state index in [1.54, 1.807) is 0 Å². The second-order valence-corrected chi connectivity index (χ2v) is 6.26. The van der Waals surface area contributed by atoms with Crippen molar-refractivity contribution in [3.8, 4) is 0 Å². The number of benzene rings is 1. The Balaban J connectivity index is 1.92. The molecule has 0 saturated heterocycles. The van der Waals surface area contributed by atoms with E-state index in [4.69, 9.17) is 0 Å². The lowest BCUT2D eigenvalue weighted by atomic mass is 9.79. The van der Waals surface area contributed by atoms with Crippen molar-refractivity contribution >= 4 is 0 Å². The first-order chi connectivity index (χ1) is 9.63. The van der Waals surface area contributed by atoms with Gasteiger partial charge in [-0.25, -0.2) is 0 Å². The first-order valence-electron chi connectivity index (χ1n) is 7.74. The molecule has 1 saturated carbocycles. The highest BCUT2D eigenvalue weighted by Gasteiger charge is 2.32. The van der Waals surface area contributed by atoms with Gasteiger partial charge in [-0.15, -0.1) is 0 Å². The van der Waals surface area contributed by atoms with Crippen LogP contribution in [0.1, 0.15) is 50.6 Å². The van der Waals surface area contributed by atoms with Gasteiger partial charge in [0.15, 0.2) is 0 Å². The minimum Gasteiger partial charge on any atom is -0.396 e. The van der Waals surface area contributed by atoms with Gasteiger partial charge in [-0.05, 0) is 43.6 Å². The van der Waals surface area contributed by atoms with E-state index in [1.165, 1.54) is 5.56 Å². The van der Waals surface area contributed by atoms with Gasteiger partial charge in [0.25, 0.3) is 0 Å². The maximum absolute atomic E-state index is 10.6. The molecule has 3 N–H and O–H groups in total. The fraction of sp³-hybridized carbons (Fsp3) is 0.647. The van der Waals surface area contributed by atoms with Crippen LogP contribution < -0.4 is 5.32 Å². The van der Waals surface area contributed by atoms with Gasteiger partial charge >= 0.3 is 0 Å². The molecule has 1 atom stereocenters. The molecule has 1 fully saturated rings. The van der Waals surface area contributed by atoms with E-state index < -0.39 is 5.60 Å². The lowest BCUT2D eigenvalue weighted by Gasteiger charge is -2.36. The largest absolute Gasteiger partial charge is 0.396 e. The molecule has 1 aliphatic rings. The molecular formula is C17H27NO2. The highest BCUT2D eigenvalue weighted by atomic mass is 16.3. The van der Waals surface area contributed by atoms with Crippen LogP contribution in [0.5, 0.6) is 0 Å². The summed E-state index contributed by atoms with van der Waals surface area (Å²) in [5.74, 6) is 0.734. The molecule has 0 radical (unpaired) electrons. The van der Waals surface area contributed by atoms with Gasteiger partial charge in [0.2, 0.25) is 0 Å². The van der Waals surface area contributed by atoms with Crippen molar-refractivity contribution in [3.05, 3.63) is 35.9 Å². The molecule has 1 aliphatic carbocycles. The van der Waals surface area contributed by atoms with Crippen LogP contribution >= 0.6 is 0 Å². The molecule has 112 valence electrons. The van der Waals surface area contributed by atoms with Crippen molar-refractivity contribution in [1.29, 1.82) is 0 Å². The highest BCUT2D eigenvalue weighted by molar-refractivity contribution is 5.19. The third kappa shape index (κ3) is 4.30. The summed E-state index contributed by atoms with van der Waals surface area (Å²) < 4.78 is 0. The summed E-state index contributed by atoms with van der Waals surface area (Å²) in [7, 11) is 0. The Morgan fingerprint density at radius 3 is 2.50 bits per heavy atom. The van der Waals surface area contributed by atoms with Gasteiger partial charge in [0.1, 0.15) is 0 Å². The standard InChI is InChI=1S/C17H27NO2/c1-14-7-10-17(20,11-8-14)13-18-16(9-12-19)15-5-3-2-4-6-15/h2-6,14,16,18-20H,7-13H2,1H3/t14?,16-,17?/m0/s1. The Bertz CT molecular complexity index is 385. The second-order valence-electron chi connectivity index (χ2n) is 6.26. The zero-order valence-corrected chi connectivity index (χ0v) is 12.4. The van der Waals surface area contributed by atoms with Crippen LogP contribution in [0.4, 0.5) is 0 Å². The third-order valence-corrected chi connectivity index (χ3v) is 4.50. The molecule has 1 aromatic carbocycles. The topological polar surface area (TPSA) is 52.5 Å². The lowest BCUT2D eigenvalue weighted by molar-refractivity contribution is -0.00877. The van der Waals surface area contributed by atoms with E-state index in [-0.39, 0.29) is 12.6 Å². The highest BCUT2D eigenvalue weighted by Crippen LogP contribution is 2.32. The molecule has 0 bridgehead atoms. The van der Waals surface area contributed by atoms with Crippen molar-refractivity contribution in [2.45, 2.75) is 50.7 Å². The monoisotopic (exact) mass is 277 g/mol. The molecule has 0 heterocycles. The molecule has 20 heavy (non-hydrogen) atoms. The van der Waals surface area contributed by atoms with Crippen molar-refractivity contribution in [2.24, 2.45) is 5.92 Å². The van der Waals surface area contributed by atoms with E-state index in [0.717, 1.165) is 31.6 Å². The Labute approximate surface area is 122 Å². The number of hydrogen-bond donors (Lipinski definition) is 3. The quantitative estimate of drug-likeness (QED) is 0.749. The van der Waals surface area contributed by atoms with Crippen molar-refractivity contribution in [3.63, 3.8) is 0 Å². The summed E-state index contributed by atoms with van der Waals surface area (Å²) in [5.41, 5.74) is 0.601. The average molecular weight is 277 g/mol. The van der Waals surface area contributed by atoms with E-state index in [1.807, 2.05) is 18.2 Å². The van der Waals surface area contributed by atoms with Crippen molar-refractivity contribution in [1.82, 2.24) is 5.32 Å². The van der Waals surface area contributed by atoms with Gasteiger partial charge < -0.3 is 15.5 Å². The van der Waals surface area contributed by atoms with Gasteiger partial charge in [-0.2, -0.15) is 0 Å². The Hall–Kier alpha value is -0.900. The van der Waals surface area contributed by atoms with Crippen LogP contribution in [0.15, 0.2) is 30.3 Å². The van der Waals surface area contributed by atoms with Crippen molar-refractivity contribution in [2.75, 3.05) is 13.2 Å². The number of aliphatic hydroxyl groups is 2. The minimum absolute atomic E-state index is 0.115. The minimum atomic E-state index is -0.574. The Kier molecular flexibility index (Phi) is 5.58. The maximum Gasteiger partial charge on any atom is 0.0772 e. The third-order valence-electron chi connectivity index (χ3n) is 4.50. The number of nitrogens with one attached hydrogen (secondary N) is 1. The normalized spacial score (nSPS) is 28.2. The molecule has 0 aliphatic heterocycles. The summed E-state index contributed by atoms with van der Waals surface area (Å²) >= 11 is 0. The molecule has 3 nitrogen and oxygen atoms in total. The number of aliphatic hydroxyl groups excluding tert-OH is 1. The first kappa shape index (κ1) is 15.5. The smallest absolute Gasteiger partial charge is 0.0772 e. The maximum atomic E-state index is 10.6. The average Bonchev–Trinajstić information content (AvgIpc) is 2.48. The summed E-state index contributed by atoms with van der Waals surface area (Å²) in [6.45, 7) is 3.02. The van der Waals surface area contributed by atoms with Crippen LogP contribution in [0.2, 0.25) is 0 Å². The van der Waals surface area contributed by atoms with E-state index in [9.17, 15) is 10.2 Å². The van der Waals surface area contributed by atoms with E-state index in [0.29, 0.717) is 13.0 Å². The molecule has 3 heteroatoms. The lowest BCUT2D eigenvalue weighted by Crippen LogP contribution is -2.44. The first-order valence-corrected chi connectivity index (χ1v) is 7.74. The molecule has 0 amide bonds. The summed E-state index contributed by atoms with van der Waals surface area (Å²) in [5, 5.41) is 23.3. The van der Waals surface area contributed by atoms with Gasteiger partial charge in [0, 0.05) is 19.2 Å². The fourth-order valence-corrected chi connectivity index (χ4v) is 2.99. The Morgan fingerprint density at radius 2 is 1.90 bits per heavy atom. The van der Waals surface area contributed by atoms with E-state index in [2.05, 4.69) is 24.4 Å². The zero-order valence-electron chi connectivity index (χ0n) is 12.4. The molecule has 0 aromatic heterocycles. The van der Waals surface area contributed by atoms with Gasteiger partial charge in [-0.3, -0.25) is 0 Å². The fourth-order valence-electron chi connectivity index (χ4n) is 2.99. The Morgan fingerprint density at radius 1 is 1.25 bits per heavy atom. The predicted octanol–water partition coefficient (Wildman–Crippen LogP) is 2.64. The zero-order chi connectivity index (χ0) is 14.4. The summed E-state index contributed by atoms with van der Waals surface area (Å²) in [4.78, 5) is 0. The van der Waals surface area contributed by atoms with Crippen LogP contribution in [0.3, 0.4) is 0 Å². The number of rotatable bonds is 6. The van der Waals surface area contributed by atoms with E-state index >= 15 is 0 Å². The van der Waals surface area contributed by atoms with Gasteiger partial charge in [-0.1, -0.05) is 37.3 Å². The molecule has 2 rings (SSSR count). The summed E-state index contributed by atoms with van der Waals surface area (Å²) in [6.07, 6.45) is 4.64. The van der Waals surface area contributed by atoms with Crippen molar-refractivity contribution < 1.29 is 10.2 Å². The van der Waals surface area contributed by atoms with Crippen LogP contribution in [0.25, 0.3) is 0 Å². The molecule has 0 spiro atoms. The van der Waals surface area contributed by atoms with Crippen LogP contribution in [-0.2, 0) is 0 Å². The SMILES string of the molecule is CC1CCC(O)(CN[C@@H](CCO)c2ccccc2)CC1. The molecule has 0 unspecified atom stereocenters. The van der Waals surface area contributed by atoms with Crippen LogP contribution in [-0.4, -0.2) is 29.0 Å².